The summed E-state index contributed by atoms with van der Waals surface area (Å²) in [5.41, 5.74) is -0.477. The van der Waals surface area contributed by atoms with Crippen LogP contribution >= 0.6 is 0 Å². The second kappa shape index (κ2) is 9.23. The van der Waals surface area contributed by atoms with Crippen LogP contribution in [0.5, 0.6) is 5.75 Å². The van der Waals surface area contributed by atoms with Crippen LogP contribution in [-0.4, -0.2) is 44.2 Å². The molecule has 1 aromatic carbocycles. The number of benzene rings is 1. The topological polar surface area (TPSA) is 80.8 Å². The molecule has 10 heteroatoms. The molecule has 2 aromatic rings. The fourth-order valence-corrected chi connectivity index (χ4v) is 3.53. The number of rotatable bonds is 5. The predicted octanol–water partition coefficient (Wildman–Crippen LogP) is 3.75. The molecule has 1 fully saturated rings. The van der Waals surface area contributed by atoms with Crippen molar-refractivity contribution in [2.75, 3.05) is 37.5 Å². The first-order valence-corrected chi connectivity index (χ1v) is 9.59. The van der Waals surface area contributed by atoms with Crippen LogP contribution in [0.1, 0.15) is 28.8 Å². The fraction of sp³-hybridized carbons (Fsp3) is 0.381. The number of nitrogens with zero attached hydrogens (tertiary/aromatic N) is 2. The molecule has 0 saturated carbocycles. The highest BCUT2D eigenvalue weighted by molar-refractivity contribution is 6.02. The number of carbonyl (C=O) groups is 2. The van der Waals surface area contributed by atoms with E-state index in [1.807, 2.05) is 0 Å². The van der Waals surface area contributed by atoms with Crippen molar-refractivity contribution in [3.05, 3.63) is 47.7 Å². The number of anilines is 2. The number of amides is 1. The minimum Gasteiger partial charge on any atom is -0.497 e. The van der Waals surface area contributed by atoms with Crippen molar-refractivity contribution < 1.29 is 32.2 Å². The first-order valence-electron chi connectivity index (χ1n) is 9.59. The summed E-state index contributed by atoms with van der Waals surface area (Å²) in [5, 5.41) is 2.70. The van der Waals surface area contributed by atoms with E-state index in [9.17, 15) is 22.8 Å². The van der Waals surface area contributed by atoms with Gasteiger partial charge in [-0.3, -0.25) is 4.79 Å². The number of ether oxygens (including phenoxy) is 2. The van der Waals surface area contributed by atoms with Gasteiger partial charge in [0.15, 0.2) is 0 Å². The molecule has 3 rings (SSSR count). The lowest BCUT2D eigenvalue weighted by atomic mass is 9.96. The molecular formula is C21H22F3N3O4. The quantitative estimate of drug-likeness (QED) is 0.718. The van der Waals surface area contributed by atoms with Crippen molar-refractivity contribution >= 4 is 23.4 Å². The van der Waals surface area contributed by atoms with Gasteiger partial charge in [0.25, 0.3) is 0 Å². The van der Waals surface area contributed by atoms with E-state index in [4.69, 9.17) is 9.47 Å². The summed E-state index contributed by atoms with van der Waals surface area (Å²) in [4.78, 5) is 30.3. The Labute approximate surface area is 177 Å². The zero-order valence-electron chi connectivity index (χ0n) is 17.0. The zero-order valence-corrected chi connectivity index (χ0v) is 17.0. The Morgan fingerprint density at radius 3 is 2.68 bits per heavy atom. The largest absolute Gasteiger partial charge is 0.497 e. The van der Waals surface area contributed by atoms with Crippen molar-refractivity contribution in [3.63, 3.8) is 0 Å². The Hall–Kier alpha value is -3.30. The molecule has 0 aliphatic carbocycles. The summed E-state index contributed by atoms with van der Waals surface area (Å²) in [6, 6.07) is 6.76. The third-order valence-corrected chi connectivity index (χ3v) is 5.07. The van der Waals surface area contributed by atoms with Crippen molar-refractivity contribution in [2.45, 2.75) is 19.0 Å². The highest BCUT2D eigenvalue weighted by atomic mass is 19.4. The van der Waals surface area contributed by atoms with E-state index >= 15 is 0 Å². The third kappa shape index (κ3) is 5.07. The number of aromatic nitrogens is 1. The maximum atomic E-state index is 13.4. The Kier molecular flexibility index (Phi) is 6.67. The van der Waals surface area contributed by atoms with Crippen LogP contribution in [0, 0.1) is 5.92 Å². The molecular weight excluding hydrogens is 415 g/mol. The Balaban J connectivity index is 1.80. The highest BCUT2D eigenvalue weighted by Gasteiger charge is 2.37. The Bertz CT molecular complexity index is 965. The molecule has 2 heterocycles. The Morgan fingerprint density at radius 1 is 1.23 bits per heavy atom. The van der Waals surface area contributed by atoms with E-state index in [2.05, 4.69) is 10.3 Å². The third-order valence-electron chi connectivity index (χ3n) is 5.07. The first-order chi connectivity index (χ1) is 14.7. The second-order valence-electron chi connectivity index (χ2n) is 7.05. The maximum Gasteiger partial charge on any atom is 0.419 e. The SMILES string of the molecule is COC(=O)c1cc(OC)ccc1NC(=O)C1CCCN(c2ncccc2C(F)(F)F)C1. The number of alkyl halides is 3. The molecule has 166 valence electrons. The fourth-order valence-electron chi connectivity index (χ4n) is 3.53. The molecule has 0 radical (unpaired) electrons. The van der Waals surface area contributed by atoms with E-state index in [0.29, 0.717) is 25.1 Å². The predicted molar refractivity (Wildman–Crippen MR) is 107 cm³/mol. The van der Waals surface area contributed by atoms with Crippen LogP contribution < -0.4 is 15.0 Å². The smallest absolute Gasteiger partial charge is 0.419 e. The van der Waals surface area contributed by atoms with E-state index in [0.717, 1.165) is 6.07 Å². The average molecular weight is 437 g/mol. The molecule has 0 spiro atoms. The van der Waals surface area contributed by atoms with Gasteiger partial charge in [0.2, 0.25) is 5.91 Å². The number of nitrogens with one attached hydrogen (secondary N) is 1. The lowest BCUT2D eigenvalue weighted by molar-refractivity contribution is -0.137. The minimum atomic E-state index is -4.54. The lowest BCUT2D eigenvalue weighted by Crippen LogP contribution is -2.42. The standard InChI is InChI=1S/C21H22F3N3O4/c1-30-14-7-8-17(15(11-14)20(29)31-2)26-19(28)13-5-4-10-27(12-13)18-16(21(22,23)24)6-3-9-25-18/h3,6-9,11,13H,4-5,10,12H2,1-2H3,(H,26,28). The molecule has 1 saturated heterocycles. The van der Waals surface area contributed by atoms with Gasteiger partial charge >= 0.3 is 12.1 Å². The lowest BCUT2D eigenvalue weighted by Gasteiger charge is -2.34. The summed E-state index contributed by atoms with van der Waals surface area (Å²) in [6.07, 6.45) is -2.22. The van der Waals surface area contributed by atoms with Gasteiger partial charge in [-0.05, 0) is 43.2 Å². The average Bonchev–Trinajstić information content (AvgIpc) is 2.78. The number of hydrogen-bond donors (Lipinski definition) is 1. The summed E-state index contributed by atoms with van der Waals surface area (Å²) < 4.78 is 49.9. The molecule has 7 nitrogen and oxygen atoms in total. The molecule has 1 atom stereocenters. The molecule has 0 bridgehead atoms. The van der Waals surface area contributed by atoms with Crippen LogP contribution in [0.15, 0.2) is 36.5 Å². The van der Waals surface area contributed by atoms with E-state index in [1.165, 1.54) is 43.5 Å². The number of piperidine rings is 1. The van der Waals surface area contributed by atoms with Crippen molar-refractivity contribution in [3.8, 4) is 5.75 Å². The number of halogens is 3. The summed E-state index contributed by atoms with van der Waals surface area (Å²) in [7, 11) is 2.66. The van der Waals surface area contributed by atoms with Crippen LogP contribution in [0.2, 0.25) is 0 Å². The summed E-state index contributed by atoms with van der Waals surface area (Å²) in [6.45, 7) is 0.440. The molecule has 1 aromatic heterocycles. The number of hydrogen-bond acceptors (Lipinski definition) is 6. The maximum absolute atomic E-state index is 13.4. The monoisotopic (exact) mass is 437 g/mol. The van der Waals surface area contributed by atoms with Gasteiger partial charge in [-0.2, -0.15) is 13.2 Å². The van der Waals surface area contributed by atoms with E-state index in [-0.39, 0.29) is 23.6 Å². The van der Waals surface area contributed by atoms with Gasteiger partial charge in [-0.1, -0.05) is 0 Å². The van der Waals surface area contributed by atoms with Gasteiger partial charge < -0.3 is 19.7 Å². The normalized spacial score (nSPS) is 16.5. The summed E-state index contributed by atoms with van der Waals surface area (Å²) >= 11 is 0. The van der Waals surface area contributed by atoms with Crippen molar-refractivity contribution in [1.29, 1.82) is 0 Å². The molecule has 1 amide bonds. The second-order valence-corrected chi connectivity index (χ2v) is 7.05. The minimum absolute atomic E-state index is 0.0790. The van der Waals surface area contributed by atoms with Crippen molar-refractivity contribution in [1.82, 2.24) is 4.98 Å². The van der Waals surface area contributed by atoms with Gasteiger partial charge in [0.05, 0.1) is 37.0 Å². The zero-order chi connectivity index (χ0) is 22.6. The molecule has 31 heavy (non-hydrogen) atoms. The Morgan fingerprint density at radius 2 is 2.00 bits per heavy atom. The molecule has 1 N–H and O–H groups in total. The molecule has 1 unspecified atom stereocenters. The molecule has 1 aliphatic rings. The van der Waals surface area contributed by atoms with E-state index in [1.54, 1.807) is 6.07 Å². The van der Waals surface area contributed by atoms with Crippen LogP contribution in [0.25, 0.3) is 0 Å². The first kappa shape index (κ1) is 22.4. The van der Waals surface area contributed by atoms with Crippen LogP contribution in [0.4, 0.5) is 24.7 Å². The number of pyridine rings is 1. The number of methoxy groups -OCH3 is 2. The van der Waals surface area contributed by atoms with Crippen LogP contribution in [0.3, 0.4) is 0 Å². The van der Waals surface area contributed by atoms with Gasteiger partial charge in [0.1, 0.15) is 11.6 Å². The van der Waals surface area contributed by atoms with Gasteiger partial charge in [0, 0.05) is 19.3 Å². The van der Waals surface area contributed by atoms with Crippen LogP contribution in [-0.2, 0) is 15.7 Å². The van der Waals surface area contributed by atoms with Crippen molar-refractivity contribution in [2.24, 2.45) is 5.92 Å². The van der Waals surface area contributed by atoms with E-state index < -0.39 is 29.5 Å². The van der Waals surface area contributed by atoms with Gasteiger partial charge in [-0.15, -0.1) is 0 Å². The number of esters is 1. The number of carbonyl (C=O) groups excluding carboxylic acids is 2. The van der Waals surface area contributed by atoms with Gasteiger partial charge in [-0.25, -0.2) is 9.78 Å². The highest BCUT2D eigenvalue weighted by Crippen LogP contribution is 2.36. The molecule has 1 aliphatic heterocycles. The summed E-state index contributed by atoms with van der Waals surface area (Å²) in [5.74, 6) is -1.40.